The van der Waals surface area contributed by atoms with Gasteiger partial charge in [0.05, 0.1) is 4.90 Å². The zero-order chi connectivity index (χ0) is 18.6. The fourth-order valence-corrected chi connectivity index (χ4v) is 4.44. The van der Waals surface area contributed by atoms with Gasteiger partial charge in [0.2, 0.25) is 10.0 Å². The van der Waals surface area contributed by atoms with Crippen molar-refractivity contribution in [2.75, 3.05) is 18.4 Å². The van der Waals surface area contributed by atoms with Crippen LogP contribution in [0.1, 0.15) is 29.8 Å². The number of nitrogens with one attached hydrogen (secondary N) is 1. The molecule has 0 aliphatic rings. The molecule has 0 aromatic heterocycles. The highest BCUT2D eigenvalue weighted by Gasteiger charge is 2.24. The van der Waals surface area contributed by atoms with Crippen molar-refractivity contribution < 1.29 is 13.2 Å². The Morgan fingerprint density at radius 2 is 1.68 bits per heavy atom. The molecule has 5 nitrogen and oxygen atoms in total. The first kappa shape index (κ1) is 19.6. The van der Waals surface area contributed by atoms with E-state index < -0.39 is 10.0 Å². The van der Waals surface area contributed by atoms with E-state index >= 15 is 0 Å². The first-order chi connectivity index (χ1) is 11.8. The minimum Gasteiger partial charge on any atom is -0.322 e. The van der Waals surface area contributed by atoms with Gasteiger partial charge in [-0.15, -0.1) is 0 Å². The van der Waals surface area contributed by atoms with Crippen LogP contribution in [0.2, 0.25) is 0 Å². The van der Waals surface area contributed by atoms with E-state index in [1.54, 1.807) is 57.2 Å². The number of amides is 1. The first-order valence-electron chi connectivity index (χ1n) is 7.97. The number of halogens is 1. The Labute approximate surface area is 157 Å². The summed E-state index contributed by atoms with van der Waals surface area (Å²) in [6.07, 6.45) is 0. The number of benzene rings is 2. The van der Waals surface area contributed by atoms with Crippen LogP contribution < -0.4 is 5.32 Å². The molecule has 2 aromatic carbocycles. The lowest BCUT2D eigenvalue weighted by Gasteiger charge is -2.20. The van der Waals surface area contributed by atoms with Gasteiger partial charge in [0.1, 0.15) is 0 Å². The third-order valence-electron chi connectivity index (χ3n) is 3.88. The van der Waals surface area contributed by atoms with Gasteiger partial charge in [0.25, 0.3) is 5.91 Å². The molecule has 7 heteroatoms. The molecular formula is C18H21BrN2O3S. The molecule has 0 heterocycles. The molecule has 0 saturated carbocycles. The highest BCUT2D eigenvalue weighted by atomic mass is 79.9. The summed E-state index contributed by atoms with van der Waals surface area (Å²) >= 11 is 3.32. The average molecular weight is 425 g/mol. The molecule has 0 atom stereocenters. The highest BCUT2D eigenvalue weighted by molar-refractivity contribution is 9.10. The third kappa shape index (κ3) is 4.48. The van der Waals surface area contributed by atoms with E-state index in [1.807, 2.05) is 0 Å². The predicted octanol–water partition coefficient (Wildman–Crippen LogP) is 4.04. The van der Waals surface area contributed by atoms with Crippen molar-refractivity contribution in [3.05, 3.63) is 58.1 Å². The van der Waals surface area contributed by atoms with E-state index in [0.717, 1.165) is 4.47 Å². The SMILES string of the molecule is CCN(CC)S(=O)(=O)c1cc(NC(=O)c2ccc(Br)cc2)ccc1C. The molecule has 2 aromatic rings. The molecule has 0 saturated heterocycles. The number of hydrogen-bond donors (Lipinski definition) is 1. The molecule has 0 bridgehead atoms. The van der Waals surface area contributed by atoms with Crippen LogP contribution >= 0.6 is 15.9 Å². The molecule has 0 aliphatic heterocycles. The Morgan fingerprint density at radius 1 is 1.08 bits per heavy atom. The second kappa shape index (κ2) is 8.12. The normalized spacial score (nSPS) is 11.6. The Morgan fingerprint density at radius 3 is 2.24 bits per heavy atom. The van der Waals surface area contributed by atoms with Crippen molar-refractivity contribution in [3.8, 4) is 0 Å². The van der Waals surface area contributed by atoms with E-state index in [0.29, 0.717) is 29.9 Å². The summed E-state index contributed by atoms with van der Waals surface area (Å²) in [7, 11) is -3.58. The van der Waals surface area contributed by atoms with Crippen LogP contribution in [-0.4, -0.2) is 31.7 Å². The third-order valence-corrected chi connectivity index (χ3v) is 6.60. The van der Waals surface area contributed by atoms with Gasteiger partial charge in [-0.2, -0.15) is 4.31 Å². The zero-order valence-corrected chi connectivity index (χ0v) is 16.8. The van der Waals surface area contributed by atoms with Crippen LogP contribution in [0.25, 0.3) is 0 Å². The molecule has 0 fully saturated rings. The molecule has 2 rings (SSSR count). The van der Waals surface area contributed by atoms with Crippen LogP contribution in [0.15, 0.2) is 51.8 Å². The summed E-state index contributed by atoms with van der Waals surface area (Å²) in [5.74, 6) is -0.289. The maximum absolute atomic E-state index is 12.8. The summed E-state index contributed by atoms with van der Waals surface area (Å²) in [6, 6.07) is 11.9. The number of carbonyl (C=O) groups excluding carboxylic acids is 1. The predicted molar refractivity (Wildman–Crippen MR) is 103 cm³/mol. The van der Waals surface area contributed by atoms with Gasteiger partial charge < -0.3 is 5.32 Å². The fourth-order valence-electron chi connectivity index (χ4n) is 2.46. The molecule has 0 spiro atoms. The highest BCUT2D eigenvalue weighted by Crippen LogP contribution is 2.24. The molecule has 1 N–H and O–H groups in total. The standard InChI is InChI=1S/C18H21BrN2O3S/c1-4-21(5-2)25(23,24)17-12-16(11-6-13(17)3)20-18(22)14-7-9-15(19)10-8-14/h6-12H,4-5H2,1-3H3,(H,20,22). The van der Waals surface area contributed by atoms with E-state index in [4.69, 9.17) is 0 Å². The summed E-state index contributed by atoms with van der Waals surface area (Å²) < 4.78 is 27.8. The minimum absolute atomic E-state index is 0.213. The smallest absolute Gasteiger partial charge is 0.255 e. The van der Waals surface area contributed by atoms with Gasteiger partial charge >= 0.3 is 0 Å². The van der Waals surface area contributed by atoms with E-state index in [2.05, 4.69) is 21.2 Å². The summed E-state index contributed by atoms with van der Waals surface area (Å²) in [5.41, 5.74) is 1.59. The number of aryl methyl sites for hydroxylation is 1. The topological polar surface area (TPSA) is 66.5 Å². The molecule has 134 valence electrons. The summed E-state index contributed by atoms with van der Waals surface area (Å²) in [6.45, 7) is 6.14. The van der Waals surface area contributed by atoms with Crippen molar-refractivity contribution in [2.45, 2.75) is 25.7 Å². The Bertz CT molecular complexity index is 860. The van der Waals surface area contributed by atoms with Gasteiger partial charge in [-0.1, -0.05) is 35.8 Å². The lowest BCUT2D eigenvalue weighted by atomic mass is 10.2. The van der Waals surface area contributed by atoms with Gasteiger partial charge in [0.15, 0.2) is 0 Å². The summed E-state index contributed by atoms with van der Waals surface area (Å²) in [4.78, 5) is 12.5. The summed E-state index contributed by atoms with van der Waals surface area (Å²) in [5, 5.41) is 2.76. The maximum atomic E-state index is 12.8. The number of anilines is 1. The van der Waals surface area contributed by atoms with Gasteiger partial charge in [-0.25, -0.2) is 8.42 Å². The van der Waals surface area contributed by atoms with Crippen molar-refractivity contribution in [1.82, 2.24) is 4.31 Å². The Kier molecular flexibility index (Phi) is 6.37. The van der Waals surface area contributed by atoms with Crippen LogP contribution in [0, 0.1) is 6.92 Å². The average Bonchev–Trinajstić information content (AvgIpc) is 2.57. The molecule has 0 aliphatic carbocycles. The quantitative estimate of drug-likeness (QED) is 0.760. The monoisotopic (exact) mass is 424 g/mol. The Hall–Kier alpha value is -1.70. The van der Waals surface area contributed by atoms with Crippen LogP contribution in [0.4, 0.5) is 5.69 Å². The van der Waals surface area contributed by atoms with Gasteiger partial charge in [-0.05, 0) is 48.9 Å². The molecule has 25 heavy (non-hydrogen) atoms. The maximum Gasteiger partial charge on any atom is 0.255 e. The fraction of sp³-hybridized carbons (Fsp3) is 0.278. The molecule has 1 amide bonds. The Balaban J connectivity index is 2.33. The lowest BCUT2D eigenvalue weighted by Crippen LogP contribution is -2.31. The zero-order valence-electron chi connectivity index (χ0n) is 14.4. The second-order valence-corrected chi connectivity index (χ2v) is 8.35. The van der Waals surface area contributed by atoms with Crippen molar-refractivity contribution in [2.24, 2.45) is 0 Å². The van der Waals surface area contributed by atoms with Gasteiger partial charge in [0, 0.05) is 28.8 Å². The van der Waals surface area contributed by atoms with Crippen molar-refractivity contribution in [3.63, 3.8) is 0 Å². The second-order valence-electron chi connectivity index (χ2n) is 5.53. The number of carbonyl (C=O) groups is 1. The van der Waals surface area contributed by atoms with Crippen molar-refractivity contribution in [1.29, 1.82) is 0 Å². The van der Waals surface area contributed by atoms with Crippen LogP contribution in [0.3, 0.4) is 0 Å². The van der Waals surface area contributed by atoms with Crippen molar-refractivity contribution >= 4 is 37.5 Å². The largest absolute Gasteiger partial charge is 0.322 e. The molecule has 0 radical (unpaired) electrons. The molecule has 0 unspecified atom stereocenters. The number of nitrogens with zero attached hydrogens (tertiary/aromatic N) is 1. The van der Waals surface area contributed by atoms with Crippen LogP contribution in [0.5, 0.6) is 0 Å². The number of sulfonamides is 1. The number of hydrogen-bond acceptors (Lipinski definition) is 3. The van der Waals surface area contributed by atoms with E-state index in [-0.39, 0.29) is 10.8 Å². The van der Waals surface area contributed by atoms with Gasteiger partial charge in [-0.3, -0.25) is 4.79 Å². The minimum atomic E-state index is -3.58. The van der Waals surface area contributed by atoms with E-state index in [1.165, 1.54) is 10.4 Å². The first-order valence-corrected chi connectivity index (χ1v) is 10.2. The molecular weight excluding hydrogens is 404 g/mol. The van der Waals surface area contributed by atoms with E-state index in [9.17, 15) is 13.2 Å². The number of rotatable bonds is 6. The lowest BCUT2D eigenvalue weighted by molar-refractivity contribution is 0.102. The van der Waals surface area contributed by atoms with Crippen LogP contribution in [-0.2, 0) is 10.0 Å².